The molecule has 0 amide bonds. The Morgan fingerprint density at radius 2 is 1.69 bits per heavy atom. The van der Waals surface area contributed by atoms with Crippen LogP contribution in [0.25, 0.3) is 10.9 Å². The zero-order valence-electron chi connectivity index (χ0n) is 15.2. The minimum atomic E-state index is 0.495. The zero-order chi connectivity index (χ0) is 18.5. The number of nitriles is 1. The van der Waals surface area contributed by atoms with Crippen LogP contribution in [0.4, 0.5) is 5.69 Å². The van der Waals surface area contributed by atoms with Crippen LogP contribution in [0.1, 0.15) is 23.6 Å². The summed E-state index contributed by atoms with van der Waals surface area (Å²) in [5.41, 5.74) is 4.44. The number of methoxy groups -OCH3 is 2. The van der Waals surface area contributed by atoms with E-state index in [1.54, 1.807) is 20.4 Å². The van der Waals surface area contributed by atoms with Crippen molar-refractivity contribution in [1.29, 1.82) is 5.26 Å². The molecule has 2 aromatic carbocycles. The van der Waals surface area contributed by atoms with Gasteiger partial charge in [0.2, 0.25) is 0 Å². The van der Waals surface area contributed by atoms with Gasteiger partial charge >= 0.3 is 0 Å². The average Bonchev–Trinajstić information content (AvgIpc) is 2.71. The van der Waals surface area contributed by atoms with Gasteiger partial charge in [0.05, 0.1) is 31.0 Å². The summed E-state index contributed by atoms with van der Waals surface area (Å²) in [6.07, 6.45) is 2.60. The van der Waals surface area contributed by atoms with Gasteiger partial charge in [-0.25, -0.2) is 0 Å². The first kappa shape index (κ1) is 17.6. The quantitative estimate of drug-likeness (QED) is 0.720. The van der Waals surface area contributed by atoms with Crippen molar-refractivity contribution < 1.29 is 9.47 Å². The Kier molecular flexibility index (Phi) is 5.23. The first-order chi connectivity index (χ1) is 12.7. The van der Waals surface area contributed by atoms with E-state index in [0.29, 0.717) is 23.6 Å². The maximum absolute atomic E-state index is 9.48. The van der Waals surface area contributed by atoms with Crippen molar-refractivity contribution in [2.24, 2.45) is 0 Å². The van der Waals surface area contributed by atoms with Gasteiger partial charge in [-0.3, -0.25) is 4.98 Å². The van der Waals surface area contributed by atoms with Gasteiger partial charge in [-0.15, -0.1) is 0 Å². The topological polar surface area (TPSA) is 67.2 Å². The Bertz CT molecular complexity index is 960. The van der Waals surface area contributed by atoms with E-state index in [1.807, 2.05) is 12.1 Å². The number of nitrogens with zero attached hydrogens (tertiary/aromatic N) is 2. The van der Waals surface area contributed by atoms with Gasteiger partial charge in [-0.05, 0) is 23.6 Å². The number of pyridine rings is 1. The van der Waals surface area contributed by atoms with Crippen LogP contribution in [0, 0.1) is 11.3 Å². The Morgan fingerprint density at radius 1 is 1.04 bits per heavy atom. The molecule has 0 saturated heterocycles. The molecule has 0 radical (unpaired) electrons. The van der Waals surface area contributed by atoms with Crippen LogP contribution >= 0.6 is 0 Å². The zero-order valence-corrected chi connectivity index (χ0v) is 15.2. The highest BCUT2D eigenvalue weighted by atomic mass is 16.5. The fraction of sp³-hybridized carbons (Fsp3) is 0.238. The molecule has 26 heavy (non-hydrogen) atoms. The monoisotopic (exact) mass is 347 g/mol. The van der Waals surface area contributed by atoms with Gasteiger partial charge in [0.15, 0.2) is 11.5 Å². The normalized spacial score (nSPS) is 10.4. The molecule has 0 spiro atoms. The number of aromatic nitrogens is 1. The number of anilines is 1. The van der Waals surface area contributed by atoms with E-state index in [1.165, 1.54) is 5.56 Å². The fourth-order valence-electron chi connectivity index (χ4n) is 2.88. The molecule has 0 bridgehead atoms. The largest absolute Gasteiger partial charge is 0.493 e. The molecule has 0 aliphatic heterocycles. The predicted octanol–water partition coefficient (Wildman–Crippen LogP) is 4.30. The molecule has 0 aliphatic rings. The van der Waals surface area contributed by atoms with Crippen LogP contribution in [0.15, 0.2) is 42.6 Å². The molecular formula is C21H21N3O2. The van der Waals surface area contributed by atoms with Gasteiger partial charge in [0, 0.05) is 24.2 Å². The van der Waals surface area contributed by atoms with E-state index < -0.39 is 0 Å². The van der Waals surface area contributed by atoms with Crippen molar-refractivity contribution in [3.8, 4) is 17.6 Å². The van der Waals surface area contributed by atoms with Gasteiger partial charge in [-0.2, -0.15) is 5.26 Å². The number of hydrogen-bond acceptors (Lipinski definition) is 5. The summed E-state index contributed by atoms with van der Waals surface area (Å²) >= 11 is 0. The Hall–Kier alpha value is -3.26. The second-order valence-corrected chi connectivity index (χ2v) is 5.91. The Labute approximate surface area is 153 Å². The first-order valence-electron chi connectivity index (χ1n) is 8.46. The number of aryl methyl sites for hydroxylation is 1. The van der Waals surface area contributed by atoms with Crippen molar-refractivity contribution >= 4 is 16.6 Å². The molecule has 5 nitrogen and oxygen atoms in total. The summed E-state index contributed by atoms with van der Waals surface area (Å²) in [6.45, 7) is 2.75. The highest BCUT2D eigenvalue weighted by molar-refractivity contribution is 5.96. The van der Waals surface area contributed by atoms with Crippen LogP contribution in [-0.2, 0) is 13.0 Å². The number of rotatable bonds is 6. The molecular weight excluding hydrogens is 326 g/mol. The van der Waals surface area contributed by atoms with Crippen LogP contribution in [0.5, 0.6) is 11.5 Å². The lowest BCUT2D eigenvalue weighted by Gasteiger charge is -2.14. The molecule has 5 heteroatoms. The molecule has 0 saturated carbocycles. The lowest BCUT2D eigenvalue weighted by atomic mass is 10.1. The van der Waals surface area contributed by atoms with Crippen molar-refractivity contribution in [3.63, 3.8) is 0 Å². The fourth-order valence-corrected chi connectivity index (χ4v) is 2.88. The highest BCUT2D eigenvalue weighted by Gasteiger charge is 2.13. The molecule has 1 heterocycles. The van der Waals surface area contributed by atoms with Gasteiger partial charge < -0.3 is 14.8 Å². The van der Waals surface area contributed by atoms with Crippen molar-refractivity contribution in [2.45, 2.75) is 19.9 Å². The van der Waals surface area contributed by atoms with Crippen molar-refractivity contribution in [2.75, 3.05) is 19.5 Å². The van der Waals surface area contributed by atoms with E-state index >= 15 is 0 Å². The number of fused-ring (bicyclic) bond motifs is 1. The average molecular weight is 347 g/mol. The van der Waals surface area contributed by atoms with Crippen LogP contribution in [0.3, 0.4) is 0 Å². The Balaban J connectivity index is 2.00. The number of ether oxygens (including phenoxy) is 2. The molecule has 0 unspecified atom stereocenters. The minimum absolute atomic E-state index is 0.495. The van der Waals surface area contributed by atoms with Crippen molar-refractivity contribution in [1.82, 2.24) is 4.98 Å². The van der Waals surface area contributed by atoms with Gasteiger partial charge in [0.25, 0.3) is 0 Å². The lowest BCUT2D eigenvalue weighted by molar-refractivity contribution is 0.356. The third kappa shape index (κ3) is 3.40. The van der Waals surface area contributed by atoms with Crippen LogP contribution < -0.4 is 14.8 Å². The van der Waals surface area contributed by atoms with Crippen LogP contribution in [0.2, 0.25) is 0 Å². The summed E-state index contributed by atoms with van der Waals surface area (Å²) < 4.78 is 10.7. The second-order valence-electron chi connectivity index (χ2n) is 5.91. The predicted molar refractivity (Wildman–Crippen MR) is 103 cm³/mol. The second kappa shape index (κ2) is 7.75. The summed E-state index contributed by atoms with van der Waals surface area (Å²) in [5, 5.41) is 13.7. The molecule has 3 aromatic rings. The van der Waals surface area contributed by atoms with Crippen molar-refractivity contribution in [3.05, 3.63) is 59.3 Å². The van der Waals surface area contributed by atoms with Gasteiger partial charge in [0.1, 0.15) is 6.07 Å². The van der Waals surface area contributed by atoms with E-state index in [4.69, 9.17) is 9.47 Å². The summed E-state index contributed by atoms with van der Waals surface area (Å²) in [5.74, 6) is 1.21. The summed E-state index contributed by atoms with van der Waals surface area (Å²) in [6, 6.07) is 14.3. The van der Waals surface area contributed by atoms with E-state index in [2.05, 4.69) is 47.6 Å². The number of nitrogens with one attached hydrogen (secondary N) is 1. The van der Waals surface area contributed by atoms with Gasteiger partial charge in [-0.1, -0.05) is 31.2 Å². The molecule has 0 atom stereocenters. The molecule has 1 aromatic heterocycles. The standard InChI is InChI=1S/C21H21N3O2/c1-4-14-5-7-15(8-6-14)12-24-21-16(11-22)13-23-18-10-20(26-3)19(25-2)9-17(18)21/h5-10,13H,4,12H2,1-3H3,(H,23,24). The maximum Gasteiger partial charge on any atom is 0.162 e. The maximum atomic E-state index is 9.48. The van der Waals surface area contributed by atoms with E-state index in [9.17, 15) is 5.26 Å². The molecule has 1 N–H and O–H groups in total. The minimum Gasteiger partial charge on any atom is -0.493 e. The number of hydrogen-bond donors (Lipinski definition) is 1. The first-order valence-corrected chi connectivity index (χ1v) is 8.46. The summed E-state index contributed by atoms with van der Waals surface area (Å²) in [7, 11) is 3.18. The number of benzene rings is 2. The SMILES string of the molecule is CCc1ccc(CNc2c(C#N)cnc3cc(OC)c(OC)cc23)cc1. The van der Waals surface area contributed by atoms with Crippen LogP contribution in [-0.4, -0.2) is 19.2 Å². The molecule has 0 fully saturated rings. The highest BCUT2D eigenvalue weighted by Crippen LogP contribution is 2.35. The third-order valence-corrected chi connectivity index (χ3v) is 4.39. The summed E-state index contributed by atoms with van der Waals surface area (Å²) in [4.78, 5) is 4.38. The smallest absolute Gasteiger partial charge is 0.162 e. The molecule has 0 aliphatic carbocycles. The Morgan fingerprint density at radius 3 is 2.31 bits per heavy atom. The lowest BCUT2D eigenvalue weighted by Crippen LogP contribution is -2.03. The third-order valence-electron chi connectivity index (χ3n) is 4.39. The van der Waals surface area contributed by atoms with E-state index in [0.717, 1.165) is 28.6 Å². The molecule has 132 valence electrons. The molecule has 3 rings (SSSR count). The van der Waals surface area contributed by atoms with E-state index in [-0.39, 0.29) is 0 Å².